The summed E-state index contributed by atoms with van der Waals surface area (Å²) in [5.74, 6) is 1.06. The molecule has 0 unspecified atom stereocenters. The quantitative estimate of drug-likeness (QED) is 0.742. The van der Waals surface area contributed by atoms with E-state index < -0.39 is 0 Å². The highest BCUT2D eigenvalue weighted by Gasteiger charge is 2.35. The van der Waals surface area contributed by atoms with Crippen molar-refractivity contribution in [3.05, 3.63) is 65.5 Å². The van der Waals surface area contributed by atoms with E-state index in [0.717, 1.165) is 42.8 Å². The van der Waals surface area contributed by atoms with Crippen molar-refractivity contribution in [1.82, 2.24) is 9.91 Å². The third-order valence-electron chi connectivity index (χ3n) is 6.05. The first-order valence-electron chi connectivity index (χ1n) is 10.6. The molecule has 1 atom stereocenters. The highest BCUT2D eigenvalue weighted by Crippen LogP contribution is 2.35. The summed E-state index contributed by atoms with van der Waals surface area (Å²) in [6.45, 7) is 4.44. The number of ether oxygens (including phenoxy) is 1. The number of carbonyl (C=O) groups excluding carboxylic acids is 1. The summed E-state index contributed by atoms with van der Waals surface area (Å²) in [4.78, 5) is 15.4. The number of benzene rings is 2. The van der Waals surface area contributed by atoms with Crippen LogP contribution in [0.1, 0.15) is 43.4 Å². The molecule has 2 aromatic carbocycles. The van der Waals surface area contributed by atoms with Gasteiger partial charge in [0, 0.05) is 12.0 Å². The summed E-state index contributed by atoms with van der Waals surface area (Å²) < 4.78 is 19.4. The van der Waals surface area contributed by atoms with Gasteiger partial charge in [0.15, 0.2) is 0 Å². The van der Waals surface area contributed by atoms with E-state index in [1.165, 1.54) is 12.1 Å². The zero-order valence-corrected chi connectivity index (χ0v) is 17.6. The van der Waals surface area contributed by atoms with Gasteiger partial charge in [0.25, 0.3) is 5.91 Å². The number of likely N-dealkylation sites (tertiary alicyclic amines) is 1. The fourth-order valence-corrected chi connectivity index (χ4v) is 4.24. The van der Waals surface area contributed by atoms with Crippen LogP contribution in [0.4, 0.5) is 4.39 Å². The normalized spacial score (nSPS) is 20.3. The second kappa shape index (κ2) is 8.96. The number of hydrazone groups is 1. The van der Waals surface area contributed by atoms with Gasteiger partial charge in [0.1, 0.15) is 11.6 Å². The van der Waals surface area contributed by atoms with Crippen LogP contribution in [0.3, 0.4) is 0 Å². The van der Waals surface area contributed by atoms with Crippen molar-refractivity contribution in [3.8, 4) is 5.75 Å². The molecule has 2 aliphatic rings. The van der Waals surface area contributed by atoms with E-state index in [9.17, 15) is 9.18 Å². The molecule has 1 amide bonds. The highest BCUT2D eigenvalue weighted by atomic mass is 19.1. The number of amides is 1. The minimum absolute atomic E-state index is 0.0521. The third kappa shape index (κ3) is 4.38. The number of halogens is 1. The van der Waals surface area contributed by atoms with Crippen molar-refractivity contribution in [2.24, 2.45) is 11.0 Å². The lowest BCUT2D eigenvalue weighted by Gasteiger charge is -2.31. The third-order valence-corrected chi connectivity index (χ3v) is 6.05. The summed E-state index contributed by atoms with van der Waals surface area (Å²) in [5, 5.41) is 6.26. The predicted octanol–water partition coefficient (Wildman–Crippen LogP) is 4.24. The number of piperidine rings is 1. The van der Waals surface area contributed by atoms with Crippen LogP contribution in [0.25, 0.3) is 0 Å². The van der Waals surface area contributed by atoms with Crippen molar-refractivity contribution < 1.29 is 13.9 Å². The van der Waals surface area contributed by atoms with Crippen LogP contribution in [0.2, 0.25) is 0 Å². The highest BCUT2D eigenvalue weighted by molar-refractivity contribution is 6.05. The Labute approximate surface area is 177 Å². The maximum absolute atomic E-state index is 13.9. The lowest BCUT2D eigenvalue weighted by atomic mass is 9.97. The fraction of sp³-hybridized carbons (Fsp3) is 0.417. The van der Waals surface area contributed by atoms with Crippen LogP contribution >= 0.6 is 0 Å². The first-order valence-corrected chi connectivity index (χ1v) is 10.6. The van der Waals surface area contributed by atoms with Crippen molar-refractivity contribution in [2.45, 2.75) is 32.2 Å². The maximum Gasteiger partial charge on any atom is 0.257 e. The number of para-hydroxylation sites is 1. The number of hydrogen-bond acceptors (Lipinski definition) is 4. The van der Waals surface area contributed by atoms with Crippen LogP contribution in [0.15, 0.2) is 53.6 Å². The number of nitrogens with zero attached hydrogens (tertiary/aromatic N) is 3. The molecule has 4 rings (SSSR count). The van der Waals surface area contributed by atoms with Gasteiger partial charge in [-0.3, -0.25) is 9.69 Å². The first kappa shape index (κ1) is 20.5. The molecule has 2 aliphatic heterocycles. The minimum Gasteiger partial charge on any atom is -0.496 e. The van der Waals surface area contributed by atoms with Gasteiger partial charge in [0.2, 0.25) is 0 Å². The maximum atomic E-state index is 13.9. The van der Waals surface area contributed by atoms with Crippen molar-refractivity contribution >= 4 is 11.6 Å². The van der Waals surface area contributed by atoms with E-state index in [1.807, 2.05) is 30.3 Å². The monoisotopic (exact) mass is 409 g/mol. The molecule has 0 saturated carbocycles. The van der Waals surface area contributed by atoms with Gasteiger partial charge < -0.3 is 4.74 Å². The molecule has 0 aliphatic carbocycles. The molecule has 2 aromatic rings. The average Bonchev–Trinajstić information content (AvgIpc) is 3.21. The summed E-state index contributed by atoms with van der Waals surface area (Å²) >= 11 is 0. The lowest BCUT2D eigenvalue weighted by molar-refractivity contribution is -0.134. The molecule has 1 saturated heterocycles. The van der Waals surface area contributed by atoms with E-state index >= 15 is 0 Å². The molecule has 0 spiro atoms. The Morgan fingerprint density at radius 2 is 1.93 bits per heavy atom. The van der Waals surface area contributed by atoms with Crippen LogP contribution in [-0.2, 0) is 4.79 Å². The van der Waals surface area contributed by atoms with Gasteiger partial charge in [-0.15, -0.1) is 0 Å². The minimum atomic E-state index is -0.322. The number of methoxy groups -OCH3 is 1. The Bertz CT molecular complexity index is 938. The Morgan fingerprint density at radius 1 is 1.17 bits per heavy atom. The van der Waals surface area contributed by atoms with E-state index in [1.54, 1.807) is 18.2 Å². The second-order valence-electron chi connectivity index (χ2n) is 8.22. The van der Waals surface area contributed by atoms with Gasteiger partial charge >= 0.3 is 0 Å². The van der Waals surface area contributed by atoms with Crippen LogP contribution in [-0.4, -0.2) is 48.3 Å². The molecule has 30 heavy (non-hydrogen) atoms. The molecular formula is C24H28FN3O2. The fourth-order valence-electron chi connectivity index (χ4n) is 4.24. The largest absolute Gasteiger partial charge is 0.496 e. The Morgan fingerprint density at radius 3 is 2.67 bits per heavy atom. The second-order valence-corrected chi connectivity index (χ2v) is 8.22. The first-order chi connectivity index (χ1) is 14.5. The molecule has 5 nitrogen and oxygen atoms in total. The van der Waals surface area contributed by atoms with Crippen molar-refractivity contribution in [1.29, 1.82) is 0 Å². The number of carbonyl (C=O) groups is 1. The molecule has 0 radical (unpaired) electrons. The Kier molecular flexibility index (Phi) is 6.13. The molecule has 6 heteroatoms. The standard InChI is InChI=1S/C24H28FN3O2/c1-17-10-12-27(13-11-17)16-24(29)28-22(18-6-5-7-19(25)14-18)15-21(26-28)20-8-3-4-9-23(20)30-2/h3-9,14,17,22H,10-13,15-16H2,1-2H3/t22-/m1/s1. The summed E-state index contributed by atoms with van der Waals surface area (Å²) in [6, 6.07) is 13.8. The lowest BCUT2D eigenvalue weighted by Crippen LogP contribution is -2.41. The zero-order valence-electron chi connectivity index (χ0n) is 17.6. The summed E-state index contributed by atoms with van der Waals surface area (Å²) in [6.07, 6.45) is 2.74. The molecule has 1 fully saturated rings. The van der Waals surface area contributed by atoms with Gasteiger partial charge in [-0.1, -0.05) is 31.2 Å². The van der Waals surface area contributed by atoms with Gasteiger partial charge in [0.05, 0.1) is 25.4 Å². The van der Waals surface area contributed by atoms with Crippen molar-refractivity contribution in [3.63, 3.8) is 0 Å². The van der Waals surface area contributed by atoms with E-state index in [4.69, 9.17) is 9.84 Å². The Balaban J connectivity index is 1.62. The van der Waals surface area contributed by atoms with E-state index in [2.05, 4.69) is 11.8 Å². The van der Waals surface area contributed by atoms with E-state index in [-0.39, 0.29) is 17.8 Å². The molecule has 0 bridgehead atoms. The summed E-state index contributed by atoms with van der Waals surface area (Å²) in [5.41, 5.74) is 2.40. The van der Waals surface area contributed by atoms with Crippen LogP contribution < -0.4 is 4.74 Å². The average molecular weight is 410 g/mol. The smallest absolute Gasteiger partial charge is 0.257 e. The molecule has 158 valence electrons. The van der Waals surface area contributed by atoms with Crippen LogP contribution in [0, 0.1) is 11.7 Å². The molecule has 0 aromatic heterocycles. The van der Waals surface area contributed by atoms with Gasteiger partial charge in [-0.05, 0) is 61.7 Å². The van der Waals surface area contributed by atoms with E-state index in [0.29, 0.717) is 24.6 Å². The number of hydrogen-bond donors (Lipinski definition) is 0. The van der Waals surface area contributed by atoms with Crippen LogP contribution in [0.5, 0.6) is 5.75 Å². The predicted molar refractivity (Wildman–Crippen MR) is 115 cm³/mol. The summed E-state index contributed by atoms with van der Waals surface area (Å²) in [7, 11) is 1.62. The van der Waals surface area contributed by atoms with Gasteiger partial charge in [-0.25, -0.2) is 9.40 Å². The molecule has 2 heterocycles. The SMILES string of the molecule is COc1ccccc1C1=NN(C(=O)CN2CCC(C)CC2)[C@@H](c2cccc(F)c2)C1. The topological polar surface area (TPSA) is 45.1 Å². The van der Waals surface area contributed by atoms with Gasteiger partial charge in [-0.2, -0.15) is 5.10 Å². The zero-order chi connectivity index (χ0) is 21.1. The number of rotatable bonds is 5. The molecule has 0 N–H and O–H groups in total. The Hall–Kier alpha value is -2.73. The van der Waals surface area contributed by atoms with Crippen molar-refractivity contribution in [2.75, 3.05) is 26.7 Å². The molecular weight excluding hydrogens is 381 g/mol.